The molecule has 0 fully saturated rings. The highest BCUT2D eigenvalue weighted by Crippen LogP contribution is 2.25. The standard InChI is InChI=1S/C12H16N2/c1-8-6-9(2)10-4-3-5-12(14-13)11(10)7-8/h6-7H,3-5,13H2,1-2H3. The van der Waals surface area contributed by atoms with E-state index in [1.54, 1.807) is 0 Å². The molecular formula is C12H16N2. The zero-order chi connectivity index (χ0) is 10.1. The van der Waals surface area contributed by atoms with Gasteiger partial charge in [-0.25, -0.2) is 0 Å². The highest BCUT2D eigenvalue weighted by molar-refractivity contribution is 6.02. The van der Waals surface area contributed by atoms with Gasteiger partial charge in [0.15, 0.2) is 0 Å². The van der Waals surface area contributed by atoms with Crippen LogP contribution in [0.2, 0.25) is 0 Å². The van der Waals surface area contributed by atoms with Crippen LogP contribution in [0.4, 0.5) is 0 Å². The smallest absolute Gasteiger partial charge is 0.0675 e. The third-order valence-corrected chi connectivity index (χ3v) is 2.92. The van der Waals surface area contributed by atoms with Gasteiger partial charge in [0.05, 0.1) is 5.71 Å². The summed E-state index contributed by atoms with van der Waals surface area (Å²) in [7, 11) is 0. The quantitative estimate of drug-likeness (QED) is 0.492. The van der Waals surface area contributed by atoms with Crippen LogP contribution in [0.1, 0.15) is 35.1 Å². The van der Waals surface area contributed by atoms with E-state index in [2.05, 4.69) is 31.1 Å². The minimum atomic E-state index is 1.02. The van der Waals surface area contributed by atoms with E-state index in [-0.39, 0.29) is 0 Å². The fraction of sp³-hybridized carbons (Fsp3) is 0.417. The average molecular weight is 188 g/mol. The Morgan fingerprint density at radius 3 is 2.71 bits per heavy atom. The Kier molecular flexibility index (Phi) is 2.28. The number of rotatable bonds is 0. The van der Waals surface area contributed by atoms with Crippen molar-refractivity contribution in [2.24, 2.45) is 10.9 Å². The van der Waals surface area contributed by atoms with Crippen LogP contribution in [0.3, 0.4) is 0 Å². The molecule has 0 atom stereocenters. The fourth-order valence-corrected chi connectivity index (χ4v) is 2.29. The van der Waals surface area contributed by atoms with Crippen molar-refractivity contribution in [2.45, 2.75) is 33.1 Å². The lowest BCUT2D eigenvalue weighted by molar-refractivity contribution is 0.827. The summed E-state index contributed by atoms with van der Waals surface area (Å²) in [6.45, 7) is 4.29. The van der Waals surface area contributed by atoms with Crippen molar-refractivity contribution in [1.29, 1.82) is 0 Å². The van der Waals surface area contributed by atoms with Crippen molar-refractivity contribution in [2.75, 3.05) is 0 Å². The van der Waals surface area contributed by atoms with E-state index >= 15 is 0 Å². The third kappa shape index (κ3) is 1.41. The number of fused-ring (bicyclic) bond motifs is 1. The molecule has 0 bridgehead atoms. The zero-order valence-corrected chi connectivity index (χ0v) is 8.80. The van der Waals surface area contributed by atoms with Crippen molar-refractivity contribution < 1.29 is 0 Å². The largest absolute Gasteiger partial charge is 0.323 e. The molecule has 2 N–H and O–H groups in total. The second-order valence-electron chi connectivity index (χ2n) is 4.04. The Labute approximate surface area is 84.8 Å². The molecule has 2 rings (SSSR count). The Morgan fingerprint density at radius 2 is 2.00 bits per heavy atom. The van der Waals surface area contributed by atoms with Crippen LogP contribution < -0.4 is 5.84 Å². The summed E-state index contributed by atoms with van der Waals surface area (Å²) < 4.78 is 0. The van der Waals surface area contributed by atoms with Crippen LogP contribution in [0.15, 0.2) is 17.2 Å². The minimum absolute atomic E-state index is 1.02. The lowest BCUT2D eigenvalue weighted by atomic mass is 9.86. The van der Waals surface area contributed by atoms with Gasteiger partial charge < -0.3 is 5.84 Å². The summed E-state index contributed by atoms with van der Waals surface area (Å²) in [5, 5.41) is 3.89. The first-order valence-corrected chi connectivity index (χ1v) is 5.09. The highest BCUT2D eigenvalue weighted by atomic mass is 15.1. The van der Waals surface area contributed by atoms with E-state index < -0.39 is 0 Å². The van der Waals surface area contributed by atoms with Gasteiger partial charge in [0.1, 0.15) is 0 Å². The Morgan fingerprint density at radius 1 is 1.21 bits per heavy atom. The summed E-state index contributed by atoms with van der Waals surface area (Å²) in [6, 6.07) is 4.44. The lowest BCUT2D eigenvalue weighted by Crippen LogP contribution is -2.15. The Bertz CT molecular complexity index is 392. The predicted molar refractivity (Wildman–Crippen MR) is 59.6 cm³/mol. The molecule has 0 saturated carbocycles. The third-order valence-electron chi connectivity index (χ3n) is 2.92. The maximum atomic E-state index is 5.41. The Hall–Kier alpha value is -1.31. The molecule has 0 heterocycles. The van der Waals surface area contributed by atoms with Crippen LogP contribution in [0, 0.1) is 13.8 Å². The molecule has 0 radical (unpaired) electrons. The minimum Gasteiger partial charge on any atom is -0.323 e. The number of aryl methyl sites for hydroxylation is 2. The number of hydrogen-bond acceptors (Lipinski definition) is 2. The molecule has 1 aliphatic rings. The fourth-order valence-electron chi connectivity index (χ4n) is 2.29. The van der Waals surface area contributed by atoms with Gasteiger partial charge >= 0.3 is 0 Å². The first-order chi connectivity index (χ1) is 6.72. The van der Waals surface area contributed by atoms with Gasteiger partial charge in [-0.15, -0.1) is 0 Å². The number of benzene rings is 1. The van der Waals surface area contributed by atoms with Crippen molar-refractivity contribution in [3.8, 4) is 0 Å². The van der Waals surface area contributed by atoms with E-state index in [9.17, 15) is 0 Å². The normalized spacial score (nSPS) is 18.3. The second-order valence-corrected chi connectivity index (χ2v) is 4.04. The first kappa shape index (κ1) is 9.25. The van der Waals surface area contributed by atoms with Gasteiger partial charge in [0.2, 0.25) is 0 Å². The molecule has 2 heteroatoms. The molecule has 0 amide bonds. The zero-order valence-electron chi connectivity index (χ0n) is 8.80. The number of nitrogens with two attached hydrogens (primary N) is 1. The second kappa shape index (κ2) is 3.45. The summed E-state index contributed by atoms with van der Waals surface area (Å²) in [5.74, 6) is 5.41. The number of nitrogens with zero attached hydrogens (tertiary/aromatic N) is 1. The van der Waals surface area contributed by atoms with Gasteiger partial charge in [0, 0.05) is 5.56 Å². The predicted octanol–water partition coefficient (Wildman–Crippen LogP) is 2.30. The maximum absolute atomic E-state index is 5.41. The van der Waals surface area contributed by atoms with Crippen molar-refractivity contribution >= 4 is 5.71 Å². The van der Waals surface area contributed by atoms with Crippen LogP contribution in [0.25, 0.3) is 0 Å². The van der Waals surface area contributed by atoms with E-state index in [0.29, 0.717) is 0 Å². The van der Waals surface area contributed by atoms with E-state index in [1.807, 2.05) is 0 Å². The number of hydrazone groups is 1. The molecule has 1 aromatic carbocycles. The maximum Gasteiger partial charge on any atom is 0.0675 e. The van der Waals surface area contributed by atoms with Crippen LogP contribution in [0.5, 0.6) is 0 Å². The topological polar surface area (TPSA) is 38.4 Å². The van der Waals surface area contributed by atoms with Crippen molar-refractivity contribution in [3.63, 3.8) is 0 Å². The molecule has 0 saturated heterocycles. The lowest BCUT2D eigenvalue weighted by Gasteiger charge is -2.20. The van der Waals surface area contributed by atoms with E-state index in [1.165, 1.54) is 35.1 Å². The summed E-state index contributed by atoms with van der Waals surface area (Å²) >= 11 is 0. The highest BCUT2D eigenvalue weighted by Gasteiger charge is 2.17. The molecule has 0 aromatic heterocycles. The molecule has 1 aromatic rings. The van der Waals surface area contributed by atoms with Gasteiger partial charge in [-0.05, 0) is 50.3 Å². The summed E-state index contributed by atoms with van der Waals surface area (Å²) in [4.78, 5) is 0. The van der Waals surface area contributed by atoms with Gasteiger partial charge in [-0.1, -0.05) is 11.6 Å². The van der Waals surface area contributed by atoms with Crippen LogP contribution in [-0.4, -0.2) is 5.71 Å². The molecule has 2 nitrogen and oxygen atoms in total. The SMILES string of the molecule is Cc1cc(C)c2c(c1)C(=NN)CCC2. The van der Waals surface area contributed by atoms with Gasteiger partial charge in [-0.3, -0.25) is 0 Å². The molecule has 0 unspecified atom stereocenters. The van der Waals surface area contributed by atoms with E-state index in [4.69, 9.17) is 5.84 Å². The first-order valence-electron chi connectivity index (χ1n) is 5.09. The van der Waals surface area contributed by atoms with Crippen molar-refractivity contribution in [1.82, 2.24) is 0 Å². The number of hydrogen-bond donors (Lipinski definition) is 1. The van der Waals surface area contributed by atoms with Crippen molar-refractivity contribution in [3.05, 3.63) is 34.4 Å². The average Bonchev–Trinajstić information content (AvgIpc) is 2.17. The summed E-state index contributed by atoms with van der Waals surface area (Å²) in [6.07, 6.45) is 3.36. The molecule has 14 heavy (non-hydrogen) atoms. The molecule has 0 aliphatic heterocycles. The molecule has 74 valence electrons. The monoisotopic (exact) mass is 188 g/mol. The Balaban J connectivity index is 2.62. The van der Waals surface area contributed by atoms with E-state index in [0.717, 1.165) is 12.1 Å². The van der Waals surface area contributed by atoms with Crippen LogP contribution >= 0.6 is 0 Å². The van der Waals surface area contributed by atoms with Crippen LogP contribution in [-0.2, 0) is 6.42 Å². The summed E-state index contributed by atoms with van der Waals surface area (Å²) in [5.41, 5.74) is 6.45. The molecule has 0 spiro atoms. The molecule has 1 aliphatic carbocycles. The molecular weight excluding hydrogens is 172 g/mol. The van der Waals surface area contributed by atoms with Gasteiger partial charge in [-0.2, -0.15) is 5.10 Å². The van der Waals surface area contributed by atoms with Gasteiger partial charge in [0.25, 0.3) is 0 Å².